The Bertz CT molecular complexity index is 682. The van der Waals surface area contributed by atoms with Gasteiger partial charge in [-0.3, -0.25) is 0 Å². The van der Waals surface area contributed by atoms with Crippen LogP contribution in [0.15, 0.2) is 46.1 Å². The van der Waals surface area contributed by atoms with E-state index in [9.17, 15) is 12.8 Å². The number of halogens is 1. The van der Waals surface area contributed by atoms with Crippen LogP contribution in [0.5, 0.6) is 0 Å². The van der Waals surface area contributed by atoms with Gasteiger partial charge >= 0.3 is 0 Å². The Balaban J connectivity index is 2.30. The molecule has 1 N–H and O–H groups in total. The Labute approximate surface area is 116 Å². The number of benzene rings is 1. The van der Waals surface area contributed by atoms with Gasteiger partial charge in [0.2, 0.25) is 10.0 Å². The molecule has 0 bridgehead atoms. The first-order valence-electron chi connectivity index (χ1n) is 5.82. The fraction of sp³-hybridized carbons (Fsp3) is 0.231. The van der Waals surface area contributed by atoms with Crippen LogP contribution >= 0.6 is 0 Å². The van der Waals surface area contributed by atoms with Crippen LogP contribution in [0, 0.1) is 5.82 Å². The lowest BCUT2D eigenvalue weighted by Gasteiger charge is -2.17. The highest BCUT2D eigenvalue weighted by Gasteiger charge is 2.24. The van der Waals surface area contributed by atoms with E-state index in [1.807, 2.05) is 0 Å². The van der Waals surface area contributed by atoms with Gasteiger partial charge in [-0.2, -0.15) is 4.31 Å². The Hall–Kier alpha value is -1.70. The molecule has 5 nitrogen and oxygen atoms in total. The molecule has 7 heteroatoms. The normalized spacial score (nSPS) is 12.0. The van der Waals surface area contributed by atoms with Crippen LogP contribution in [-0.2, 0) is 23.2 Å². The first-order valence-corrected chi connectivity index (χ1v) is 7.26. The van der Waals surface area contributed by atoms with Gasteiger partial charge in [-0.25, -0.2) is 12.8 Å². The molecule has 0 aliphatic rings. The van der Waals surface area contributed by atoms with Crippen LogP contribution < -0.4 is 0 Å². The molecular weight excluding hydrogens is 285 g/mol. The highest BCUT2D eigenvalue weighted by molar-refractivity contribution is 7.89. The number of furan rings is 1. The Morgan fingerprint density at radius 3 is 2.60 bits per heavy atom. The minimum absolute atomic E-state index is 0.0834. The predicted octanol–water partition coefficient (Wildman–Crippen LogP) is 1.73. The van der Waals surface area contributed by atoms with Crippen molar-refractivity contribution in [1.29, 1.82) is 0 Å². The number of hydrogen-bond acceptors (Lipinski definition) is 4. The summed E-state index contributed by atoms with van der Waals surface area (Å²) in [6, 6.07) is 5.18. The van der Waals surface area contributed by atoms with E-state index in [0.29, 0.717) is 11.1 Å². The number of rotatable bonds is 5. The molecular formula is C13H14FNO4S. The van der Waals surface area contributed by atoms with E-state index in [1.54, 1.807) is 6.07 Å². The lowest BCUT2D eigenvalue weighted by molar-refractivity contribution is 0.281. The first-order chi connectivity index (χ1) is 9.45. The maximum Gasteiger partial charge on any atom is 0.246 e. The molecule has 0 aliphatic carbocycles. The van der Waals surface area contributed by atoms with E-state index in [0.717, 1.165) is 16.4 Å². The van der Waals surface area contributed by atoms with Crippen LogP contribution in [0.4, 0.5) is 4.39 Å². The van der Waals surface area contributed by atoms with Gasteiger partial charge in [-0.05, 0) is 23.8 Å². The van der Waals surface area contributed by atoms with Crippen molar-refractivity contribution < 1.29 is 22.3 Å². The molecule has 0 spiro atoms. The summed E-state index contributed by atoms with van der Waals surface area (Å²) in [5.41, 5.74) is 0.988. The molecule has 0 saturated carbocycles. The van der Waals surface area contributed by atoms with Crippen molar-refractivity contribution in [1.82, 2.24) is 4.31 Å². The molecule has 1 aromatic carbocycles. The molecule has 0 atom stereocenters. The lowest BCUT2D eigenvalue weighted by atomic mass is 10.2. The SMILES string of the molecule is CN(Cc1ccoc1)S(=O)(=O)c1ccc(CO)cc1F. The van der Waals surface area contributed by atoms with Crippen molar-refractivity contribution >= 4 is 10.0 Å². The fourth-order valence-electron chi connectivity index (χ4n) is 1.74. The second-order valence-electron chi connectivity index (χ2n) is 4.32. The zero-order valence-electron chi connectivity index (χ0n) is 10.8. The number of sulfonamides is 1. The van der Waals surface area contributed by atoms with Gasteiger partial charge in [-0.1, -0.05) is 6.07 Å². The third-order valence-electron chi connectivity index (χ3n) is 2.85. The average Bonchev–Trinajstić information content (AvgIpc) is 2.91. The molecule has 1 aromatic heterocycles. The molecule has 2 rings (SSSR count). The molecule has 0 saturated heterocycles. The number of hydrogen-bond donors (Lipinski definition) is 1. The van der Waals surface area contributed by atoms with Crippen LogP contribution in [0.3, 0.4) is 0 Å². The zero-order chi connectivity index (χ0) is 14.8. The molecule has 0 radical (unpaired) electrons. The molecule has 1 heterocycles. The minimum Gasteiger partial charge on any atom is -0.472 e. The van der Waals surface area contributed by atoms with Crippen LogP contribution in [0.2, 0.25) is 0 Å². The highest BCUT2D eigenvalue weighted by atomic mass is 32.2. The van der Waals surface area contributed by atoms with Gasteiger partial charge in [0, 0.05) is 19.2 Å². The van der Waals surface area contributed by atoms with E-state index < -0.39 is 20.7 Å². The van der Waals surface area contributed by atoms with Crippen LogP contribution in [0.25, 0.3) is 0 Å². The van der Waals surface area contributed by atoms with E-state index >= 15 is 0 Å². The van der Waals surface area contributed by atoms with Gasteiger partial charge in [0.25, 0.3) is 0 Å². The first kappa shape index (κ1) is 14.7. The standard InChI is InChI=1S/C13H14FNO4S/c1-15(7-11-4-5-19-9-11)20(17,18)13-3-2-10(8-16)6-12(13)14/h2-6,9,16H,7-8H2,1H3. The van der Waals surface area contributed by atoms with Crippen molar-refractivity contribution in [3.63, 3.8) is 0 Å². The van der Waals surface area contributed by atoms with E-state index in [1.165, 1.54) is 25.6 Å². The summed E-state index contributed by atoms with van der Waals surface area (Å²) in [6.07, 6.45) is 2.86. The van der Waals surface area contributed by atoms with Crippen molar-refractivity contribution in [2.24, 2.45) is 0 Å². The topological polar surface area (TPSA) is 70.8 Å². The lowest BCUT2D eigenvalue weighted by Crippen LogP contribution is -2.27. The molecule has 0 aliphatic heterocycles. The molecule has 108 valence electrons. The average molecular weight is 299 g/mol. The number of nitrogens with zero attached hydrogens (tertiary/aromatic N) is 1. The smallest absolute Gasteiger partial charge is 0.246 e. The Morgan fingerprint density at radius 2 is 2.05 bits per heavy atom. The van der Waals surface area contributed by atoms with Gasteiger partial charge in [0.05, 0.1) is 19.1 Å². The van der Waals surface area contributed by atoms with E-state index in [4.69, 9.17) is 9.52 Å². The van der Waals surface area contributed by atoms with E-state index in [2.05, 4.69) is 0 Å². The summed E-state index contributed by atoms with van der Waals surface area (Å²) in [5, 5.41) is 8.90. The van der Waals surface area contributed by atoms with Gasteiger partial charge in [0.1, 0.15) is 10.7 Å². The quantitative estimate of drug-likeness (QED) is 0.913. The molecule has 0 unspecified atom stereocenters. The molecule has 0 fully saturated rings. The molecule has 0 amide bonds. The largest absolute Gasteiger partial charge is 0.472 e. The second kappa shape index (κ2) is 5.74. The zero-order valence-corrected chi connectivity index (χ0v) is 11.6. The van der Waals surface area contributed by atoms with Gasteiger partial charge in [0.15, 0.2) is 0 Å². The van der Waals surface area contributed by atoms with Gasteiger partial charge in [-0.15, -0.1) is 0 Å². The van der Waals surface area contributed by atoms with Gasteiger partial charge < -0.3 is 9.52 Å². The monoisotopic (exact) mass is 299 g/mol. The van der Waals surface area contributed by atoms with E-state index in [-0.39, 0.29) is 13.2 Å². The summed E-state index contributed by atoms with van der Waals surface area (Å²) >= 11 is 0. The highest BCUT2D eigenvalue weighted by Crippen LogP contribution is 2.21. The number of aliphatic hydroxyl groups excluding tert-OH is 1. The van der Waals surface area contributed by atoms with Crippen LogP contribution in [0.1, 0.15) is 11.1 Å². The van der Waals surface area contributed by atoms with Crippen molar-refractivity contribution in [3.8, 4) is 0 Å². The maximum atomic E-state index is 13.8. The third kappa shape index (κ3) is 2.90. The summed E-state index contributed by atoms with van der Waals surface area (Å²) in [7, 11) is -2.57. The number of aliphatic hydroxyl groups is 1. The molecule has 20 heavy (non-hydrogen) atoms. The summed E-state index contributed by atoms with van der Waals surface area (Å²) < 4.78 is 44.3. The van der Waals surface area contributed by atoms with Crippen molar-refractivity contribution in [2.75, 3.05) is 7.05 Å². The third-order valence-corrected chi connectivity index (χ3v) is 4.69. The predicted molar refractivity (Wildman–Crippen MR) is 69.7 cm³/mol. The Morgan fingerprint density at radius 1 is 1.30 bits per heavy atom. The van der Waals surface area contributed by atoms with Crippen molar-refractivity contribution in [2.45, 2.75) is 18.0 Å². The Kier molecular flexibility index (Phi) is 4.22. The summed E-state index contributed by atoms with van der Waals surface area (Å²) in [5.74, 6) is -0.879. The summed E-state index contributed by atoms with van der Waals surface area (Å²) in [6.45, 7) is -0.262. The summed E-state index contributed by atoms with van der Waals surface area (Å²) in [4.78, 5) is -0.416. The molecule has 2 aromatic rings. The second-order valence-corrected chi connectivity index (χ2v) is 6.33. The van der Waals surface area contributed by atoms with Crippen molar-refractivity contribution in [3.05, 3.63) is 53.7 Å². The fourth-order valence-corrected chi connectivity index (χ4v) is 2.94. The van der Waals surface area contributed by atoms with Crippen LogP contribution in [-0.4, -0.2) is 24.9 Å². The maximum absolute atomic E-state index is 13.8. The minimum atomic E-state index is -3.94.